The third-order valence-electron chi connectivity index (χ3n) is 3.92. The average Bonchev–Trinajstić information content (AvgIpc) is 2.99. The Morgan fingerprint density at radius 1 is 1.41 bits per heavy atom. The van der Waals surface area contributed by atoms with Crippen molar-refractivity contribution in [1.29, 1.82) is 0 Å². The second kappa shape index (κ2) is 6.75. The Morgan fingerprint density at radius 3 is 3.14 bits per heavy atom. The summed E-state index contributed by atoms with van der Waals surface area (Å²) in [7, 11) is 0. The molecule has 0 saturated carbocycles. The maximum Gasteiger partial charge on any atom is 0.251 e. The lowest BCUT2D eigenvalue weighted by Crippen LogP contribution is -2.24. The number of rotatable bonds is 5. The van der Waals surface area contributed by atoms with Gasteiger partial charge in [0.05, 0.1) is 11.4 Å². The molecular weight excluding hydrogens is 276 g/mol. The number of hydrogen-bond acceptors (Lipinski definition) is 3. The molecule has 5 heteroatoms. The lowest BCUT2D eigenvalue weighted by Gasteiger charge is -2.09. The third kappa shape index (κ3) is 3.20. The van der Waals surface area contributed by atoms with E-state index >= 15 is 0 Å². The van der Waals surface area contributed by atoms with Crippen LogP contribution in [0.1, 0.15) is 41.5 Å². The van der Waals surface area contributed by atoms with Crippen molar-refractivity contribution in [3.63, 3.8) is 0 Å². The molecule has 2 heterocycles. The highest BCUT2D eigenvalue weighted by Crippen LogP contribution is 2.21. The van der Waals surface area contributed by atoms with Gasteiger partial charge in [-0.15, -0.1) is 0 Å². The van der Waals surface area contributed by atoms with E-state index in [0.29, 0.717) is 5.56 Å². The van der Waals surface area contributed by atoms with Crippen LogP contribution in [0.25, 0.3) is 11.4 Å². The van der Waals surface area contributed by atoms with Gasteiger partial charge in [0.1, 0.15) is 5.82 Å². The minimum Gasteiger partial charge on any atom is -0.352 e. The number of aromatic nitrogens is 2. The van der Waals surface area contributed by atoms with Gasteiger partial charge in [0.15, 0.2) is 0 Å². The first-order chi connectivity index (χ1) is 10.8. The van der Waals surface area contributed by atoms with Gasteiger partial charge in [0.2, 0.25) is 0 Å². The predicted octanol–water partition coefficient (Wildman–Crippen LogP) is 2.25. The van der Waals surface area contributed by atoms with E-state index in [9.17, 15) is 4.79 Å². The van der Waals surface area contributed by atoms with E-state index in [-0.39, 0.29) is 5.91 Å². The first-order valence-corrected chi connectivity index (χ1v) is 7.95. The maximum atomic E-state index is 12.1. The van der Waals surface area contributed by atoms with E-state index < -0.39 is 0 Å². The molecule has 1 amide bonds. The molecular formula is C17H22N4O. The summed E-state index contributed by atoms with van der Waals surface area (Å²) in [5, 5.41) is 6.28. The Morgan fingerprint density at radius 2 is 2.32 bits per heavy atom. The zero-order valence-electron chi connectivity index (χ0n) is 12.9. The number of hydrogen-bond donors (Lipinski definition) is 3. The molecule has 1 aliphatic heterocycles. The largest absolute Gasteiger partial charge is 0.352 e. The molecule has 2 aromatic rings. The molecule has 0 spiro atoms. The van der Waals surface area contributed by atoms with Crippen LogP contribution in [0.15, 0.2) is 24.3 Å². The minimum absolute atomic E-state index is 0.0201. The molecule has 0 saturated heterocycles. The maximum absolute atomic E-state index is 12.1. The smallest absolute Gasteiger partial charge is 0.251 e. The van der Waals surface area contributed by atoms with Crippen LogP contribution in [0.3, 0.4) is 0 Å². The summed E-state index contributed by atoms with van der Waals surface area (Å²) in [5.41, 5.74) is 3.92. The molecule has 0 bridgehead atoms. The van der Waals surface area contributed by atoms with Crippen molar-refractivity contribution >= 4 is 5.91 Å². The van der Waals surface area contributed by atoms with Crippen LogP contribution >= 0.6 is 0 Å². The van der Waals surface area contributed by atoms with Gasteiger partial charge in [-0.2, -0.15) is 0 Å². The number of nitrogens with zero attached hydrogens (tertiary/aromatic N) is 1. The Bertz CT molecular complexity index is 639. The number of benzene rings is 1. The van der Waals surface area contributed by atoms with Gasteiger partial charge in [-0.25, -0.2) is 4.98 Å². The van der Waals surface area contributed by atoms with Gasteiger partial charge >= 0.3 is 0 Å². The number of unbranched alkanes of at least 4 members (excludes halogenated alkanes) is 1. The molecule has 0 radical (unpaired) electrons. The Kier molecular flexibility index (Phi) is 4.53. The summed E-state index contributed by atoms with van der Waals surface area (Å²) >= 11 is 0. The van der Waals surface area contributed by atoms with E-state index in [2.05, 4.69) is 27.5 Å². The standard InChI is InChI=1S/C17H22N4O/c1-2-3-8-19-17(22)13-6-4-5-12(10-13)16-20-14-7-9-18-11-15(14)21-16/h4-6,10,18H,2-3,7-9,11H2,1H3,(H,19,22)(H,20,21). The molecule has 22 heavy (non-hydrogen) atoms. The number of carbonyl (C=O) groups is 1. The SMILES string of the molecule is CCCCNC(=O)c1cccc(-c2nc3c([nH]2)CNCC3)c1. The highest BCUT2D eigenvalue weighted by Gasteiger charge is 2.15. The third-order valence-corrected chi connectivity index (χ3v) is 3.92. The fourth-order valence-corrected chi connectivity index (χ4v) is 2.64. The molecule has 0 aliphatic carbocycles. The Hall–Kier alpha value is -2.14. The zero-order chi connectivity index (χ0) is 15.4. The number of imidazole rings is 1. The molecule has 0 atom stereocenters. The van der Waals surface area contributed by atoms with Gasteiger partial charge in [0, 0.05) is 37.2 Å². The molecule has 1 aromatic heterocycles. The number of amides is 1. The van der Waals surface area contributed by atoms with Crippen LogP contribution in [0, 0.1) is 0 Å². The van der Waals surface area contributed by atoms with E-state index in [1.807, 2.05) is 24.3 Å². The quantitative estimate of drug-likeness (QED) is 0.742. The molecule has 0 unspecified atom stereocenters. The number of nitrogens with one attached hydrogen (secondary N) is 3. The van der Waals surface area contributed by atoms with Gasteiger partial charge in [-0.05, 0) is 18.6 Å². The summed E-state index contributed by atoms with van der Waals surface area (Å²) < 4.78 is 0. The van der Waals surface area contributed by atoms with Gasteiger partial charge in [-0.1, -0.05) is 25.5 Å². The number of fused-ring (bicyclic) bond motifs is 1. The van der Waals surface area contributed by atoms with Crippen LogP contribution < -0.4 is 10.6 Å². The first-order valence-electron chi connectivity index (χ1n) is 7.95. The van der Waals surface area contributed by atoms with E-state index in [0.717, 1.165) is 61.7 Å². The molecule has 116 valence electrons. The summed E-state index contributed by atoms with van der Waals surface area (Å²) in [6.07, 6.45) is 3.03. The van der Waals surface area contributed by atoms with Gasteiger partial charge < -0.3 is 15.6 Å². The molecule has 1 aromatic carbocycles. The van der Waals surface area contributed by atoms with Crippen LogP contribution in [0.2, 0.25) is 0 Å². The monoisotopic (exact) mass is 298 g/mol. The summed E-state index contributed by atoms with van der Waals surface area (Å²) in [6, 6.07) is 7.64. The fourth-order valence-electron chi connectivity index (χ4n) is 2.64. The van der Waals surface area contributed by atoms with E-state index in [4.69, 9.17) is 0 Å². The summed E-state index contributed by atoms with van der Waals surface area (Å²) in [4.78, 5) is 20.2. The normalized spacial score (nSPS) is 13.7. The van der Waals surface area contributed by atoms with Crippen molar-refractivity contribution in [2.45, 2.75) is 32.7 Å². The van der Waals surface area contributed by atoms with Crippen molar-refractivity contribution in [1.82, 2.24) is 20.6 Å². The highest BCUT2D eigenvalue weighted by atomic mass is 16.1. The number of H-pyrrole nitrogens is 1. The van der Waals surface area contributed by atoms with Crippen molar-refractivity contribution in [2.24, 2.45) is 0 Å². The summed E-state index contributed by atoms with van der Waals surface area (Å²) in [6.45, 7) is 4.64. The average molecular weight is 298 g/mol. The molecule has 0 fully saturated rings. The predicted molar refractivity (Wildman–Crippen MR) is 86.7 cm³/mol. The molecule has 3 N–H and O–H groups in total. The van der Waals surface area contributed by atoms with E-state index in [1.54, 1.807) is 0 Å². The van der Waals surface area contributed by atoms with Crippen molar-refractivity contribution < 1.29 is 4.79 Å². The second-order valence-corrected chi connectivity index (χ2v) is 5.63. The van der Waals surface area contributed by atoms with E-state index in [1.165, 1.54) is 0 Å². The van der Waals surface area contributed by atoms with Crippen molar-refractivity contribution in [3.8, 4) is 11.4 Å². The molecule has 1 aliphatic rings. The highest BCUT2D eigenvalue weighted by molar-refractivity contribution is 5.95. The molecule has 3 rings (SSSR count). The Labute approximate surface area is 130 Å². The van der Waals surface area contributed by atoms with Gasteiger partial charge in [-0.3, -0.25) is 4.79 Å². The number of carbonyl (C=O) groups excluding carboxylic acids is 1. The Balaban J connectivity index is 1.78. The zero-order valence-corrected chi connectivity index (χ0v) is 12.9. The minimum atomic E-state index is -0.0201. The van der Waals surface area contributed by atoms with Gasteiger partial charge in [0.25, 0.3) is 5.91 Å². The lowest BCUT2D eigenvalue weighted by atomic mass is 10.1. The first kappa shape index (κ1) is 14.8. The molecule has 5 nitrogen and oxygen atoms in total. The van der Waals surface area contributed by atoms with Crippen molar-refractivity contribution in [3.05, 3.63) is 41.2 Å². The lowest BCUT2D eigenvalue weighted by molar-refractivity contribution is 0.0953. The fraction of sp³-hybridized carbons (Fsp3) is 0.412. The van der Waals surface area contributed by atoms with Crippen molar-refractivity contribution in [2.75, 3.05) is 13.1 Å². The second-order valence-electron chi connectivity index (χ2n) is 5.63. The van der Waals surface area contributed by atoms with Crippen LogP contribution in [-0.4, -0.2) is 29.0 Å². The summed E-state index contributed by atoms with van der Waals surface area (Å²) in [5.74, 6) is 0.824. The van der Waals surface area contributed by atoms with Crippen LogP contribution in [-0.2, 0) is 13.0 Å². The topological polar surface area (TPSA) is 69.8 Å². The number of aromatic amines is 1. The van der Waals surface area contributed by atoms with Crippen LogP contribution in [0.4, 0.5) is 0 Å². The van der Waals surface area contributed by atoms with Crippen LogP contribution in [0.5, 0.6) is 0 Å².